The quantitative estimate of drug-likeness (QED) is 0.886. The van der Waals surface area contributed by atoms with Crippen molar-refractivity contribution in [2.45, 2.75) is 51.5 Å². The SMILES string of the molecule is CC(c1ccc(O)cc1)N(C)C(=O)CCC1CCCC1. The van der Waals surface area contributed by atoms with Crippen LogP contribution in [0.4, 0.5) is 0 Å². The summed E-state index contributed by atoms with van der Waals surface area (Å²) in [4.78, 5) is 14.1. The fraction of sp³-hybridized carbons (Fsp3) is 0.588. The van der Waals surface area contributed by atoms with Crippen LogP contribution in [0.5, 0.6) is 5.75 Å². The second kappa shape index (κ2) is 6.78. The van der Waals surface area contributed by atoms with E-state index in [1.807, 2.05) is 31.0 Å². The van der Waals surface area contributed by atoms with Crippen LogP contribution in [0.3, 0.4) is 0 Å². The van der Waals surface area contributed by atoms with Crippen LogP contribution in [-0.4, -0.2) is 23.0 Å². The lowest BCUT2D eigenvalue weighted by atomic mass is 10.0. The first-order chi connectivity index (χ1) is 9.58. The average molecular weight is 275 g/mol. The monoisotopic (exact) mass is 275 g/mol. The number of phenolic OH excluding ortho intramolecular Hbond substituents is 1. The van der Waals surface area contributed by atoms with E-state index >= 15 is 0 Å². The Labute approximate surface area is 121 Å². The molecule has 1 N–H and O–H groups in total. The maximum absolute atomic E-state index is 12.3. The Morgan fingerprint density at radius 3 is 2.50 bits per heavy atom. The molecule has 1 unspecified atom stereocenters. The molecule has 0 radical (unpaired) electrons. The first-order valence-electron chi connectivity index (χ1n) is 7.62. The van der Waals surface area contributed by atoms with Crippen LogP contribution in [-0.2, 0) is 4.79 Å². The molecule has 0 saturated heterocycles. The molecule has 0 spiro atoms. The molecule has 0 aromatic heterocycles. The van der Waals surface area contributed by atoms with E-state index in [0.717, 1.165) is 17.9 Å². The van der Waals surface area contributed by atoms with Gasteiger partial charge in [-0.3, -0.25) is 4.79 Å². The Hall–Kier alpha value is -1.51. The van der Waals surface area contributed by atoms with Crippen molar-refractivity contribution < 1.29 is 9.90 Å². The van der Waals surface area contributed by atoms with Crippen LogP contribution in [0.2, 0.25) is 0 Å². The number of hydrogen-bond acceptors (Lipinski definition) is 2. The third-order valence-corrected chi connectivity index (χ3v) is 4.59. The summed E-state index contributed by atoms with van der Waals surface area (Å²) in [5, 5.41) is 9.31. The molecule has 1 atom stereocenters. The summed E-state index contributed by atoms with van der Waals surface area (Å²) in [6.45, 7) is 2.03. The van der Waals surface area contributed by atoms with Gasteiger partial charge in [-0.2, -0.15) is 0 Å². The van der Waals surface area contributed by atoms with Crippen LogP contribution in [0.1, 0.15) is 57.1 Å². The molecule has 1 fully saturated rings. The predicted molar refractivity (Wildman–Crippen MR) is 80.5 cm³/mol. The van der Waals surface area contributed by atoms with E-state index in [1.165, 1.54) is 25.7 Å². The Balaban J connectivity index is 1.86. The van der Waals surface area contributed by atoms with Gasteiger partial charge in [0.1, 0.15) is 5.75 Å². The second-order valence-corrected chi connectivity index (χ2v) is 5.96. The van der Waals surface area contributed by atoms with Gasteiger partial charge in [0.25, 0.3) is 0 Å². The fourth-order valence-corrected chi connectivity index (χ4v) is 3.00. The lowest BCUT2D eigenvalue weighted by Gasteiger charge is -2.26. The summed E-state index contributed by atoms with van der Waals surface area (Å²) in [6, 6.07) is 7.14. The zero-order valence-corrected chi connectivity index (χ0v) is 12.5. The Morgan fingerprint density at radius 2 is 1.90 bits per heavy atom. The van der Waals surface area contributed by atoms with Gasteiger partial charge < -0.3 is 10.0 Å². The summed E-state index contributed by atoms with van der Waals surface area (Å²) in [7, 11) is 1.87. The molecule has 3 nitrogen and oxygen atoms in total. The van der Waals surface area contributed by atoms with E-state index in [1.54, 1.807) is 12.1 Å². The minimum absolute atomic E-state index is 0.0479. The van der Waals surface area contributed by atoms with Gasteiger partial charge >= 0.3 is 0 Å². The van der Waals surface area contributed by atoms with Crippen molar-refractivity contribution in [1.82, 2.24) is 4.90 Å². The van der Waals surface area contributed by atoms with Crippen LogP contribution >= 0.6 is 0 Å². The predicted octanol–water partition coefficient (Wildman–Crippen LogP) is 3.88. The van der Waals surface area contributed by atoms with Gasteiger partial charge in [-0.25, -0.2) is 0 Å². The second-order valence-electron chi connectivity index (χ2n) is 5.96. The summed E-state index contributed by atoms with van der Waals surface area (Å²) >= 11 is 0. The molecular formula is C17H25NO2. The number of hydrogen-bond donors (Lipinski definition) is 1. The lowest BCUT2D eigenvalue weighted by Crippen LogP contribution is -2.29. The highest BCUT2D eigenvalue weighted by Gasteiger charge is 2.20. The summed E-state index contributed by atoms with van der Waals surface area (Å²) in [5.41, 5.74) is 1.06. The van der Waals surface area contributed by atoms with Crippen LogP contribution in [0.15, 0.2) is 24.3 Å². The van der Waals surface area contributed by atoms with Crippen molar-refractivity contribution in [2.24, 2.45) is 5.92 Å². The molecule has 20 heavy (non-hydrogen) atoms. The zero-order chi connectivity index (χ0) is 14.5. The molecule has 1 aliphatic carbocycles. The number of carbonyl (C=O) groups excluding carboxylic acids is 1. The molecule has 0 heterocycles. The first kappa shape index (κ1) is 14.9. The van der Waals surface area contributed by atoms with Gasteiger partial charge in [-0.1, -0.05) is 37.8 Å². The van der Waals surface area contributed by atoms with Crippen LogP contribution in [0, 0.1) is 5.92 Å². The molecule has 1 amide bonds. The lowest BCUT2D eigenvalue weighted by molar-refractivity contribution is -0.132. The van der Waals surface area contributed by atoms with Gasteiger partial charge in [0.05, 0.1) is 6.04 Å². The minimum Gasteiger partial charge on any atom is -0.508 e. The highest BCUT2D eigenvalue weighted by molar-refractivity contribution is 5.76. The van der Waals surface area contributed by atoms with Crippen molar-refractivity contribution in [3.8, 4) is 5.75 Å². The molecule has 1 aliphatic rings. The standard InChI is InChI=1S/C17H25NO2/c1-13(15-8-10-16(19)11-9-15)18(2)17(20)12-7-14-5-3-4-6-14/h8-11,13-14,19H,3-7,12H2,1-2H3. The largest absolute Gasteiger partial charge is 0.508 e. The van der Waals surface area contributed by atoms with Crippen molar-refractivity contribution in [3.63, 3.8) is 0 Å². The summed E-state index contributed by atoms with van der Waals surface area (Å²) < 4.78 is 0. The molecule has 0 aliphatic heterocycles. The average Bonchev–Trinajstić information content (AvgIpc) is 2.97. The van der Waals surface area contributed by atoms with E-state index in [9.17, 15) is 9.90 Å². The number of nitrogens with zero attached hydrogens (tertiary/aromatic N) is 1. The fourth-order valence-electron chi connectivity index (χ4n) is 3.00. The number of phenols is 1. The zero-order valence-electron chi connectivity index (χ0n) is 12.5. The molecule has 110 valence electrons. The number of carbonyl (C=O) groups is 1. The highest BCUT2D eigenvalue weighted by Crippen LogP contribution is 2.29. The number of rotatable bonds is 5. The molecule has 0 bridgehead atoms. The molecule has 1 aromatic rings. The van der Waals surface area contributed by atoms with E-state index in [4.69, 9.17) is 0 Å². The maximum Gasteiger partial charge on any atom is 0.222 e. The maximum atomic E-state index is 12.3. The van der Waals surface area contributed by atoms with Gasteiger partial charge in [0.2, 0.25) is 5.91 Å². The molecular weight excluding hydrogens is 250 g/mol. The summed E-state index contributed by atoms with van der Waals surface area (Å²) in [6.07, 6.45) is 6.95. The van der Waals surface area contributed by atoms with Crippen molar-refractivity contribution in [2.75, 3.05) is 7.05 Å². The topological polar surface area (TPSA) is 40.5 Å². The molecule has 1 aromatic carbocycles. The highest BCUT2D eigenvalue weighted by atomic mass is 16.3. The van der Waals surface area contributed by atoms with Gasteiger partial charge in [0, 0.05) is 13.5 Å². The normalized spacial score (nSPS) is 17.1. The summed E-state index contributed by atoms with van der Waals surface area (Å²) in [5.74, 6) is 1.24. The van der Waals surface area contributed by atoms with Crippen molar-refractivity contribution in [1.29, 1.82) is 0 Å². The van der Waals surface area contributed by atoms with E-state index in [2.05, 4.69) is 0 Å². The van der Waals surface area contributed by atoms with E-state index in [-0.39, 0.29) is 17.7 Å². The van der Waals surface area contributed by atoms with Gasteiger partial charge in [0.15, 0.2) is 0 Å². The molecule has 2 rings (SSSR count). The third kappa shape index (κ3) is 3.75. The van der Waals surface area contributed by atoms with Crippen LogP contribution < -0.4 is 0 Å². The van der Waals surface area contributed by atoms with Gasteiger partial charge in [-0.15, -0.1) is 0 Å². The minimum atomic E-state index is 0.0479. The first-order valence-corrected chi connectivity index (χ1v) is 7.62. The number of aromatic hydroxyl groups is 1. The number of amides is 1. The smallest absolute Gasteiger partial charge is 0.222 e. The van der Waals surface area contributed by atoms with E-state index in [0.29, 0.717) is 6.42 Å². The van der Waals surface area contributed by atoms with Crippen LogP contribution in [0.25, 0.3) is 0 Å². The Morgan fingerprint density at radius 1 is 1.30 bits per heavy atom. The Kier molecular flexibility index (Phi) is 5.05. The molecule has 1 saturated carbocycles. The third-order valence-electron chi connectivity index (χ3n) is 4.59. The Bertz CT molecular complexity index is 435. The van der Waals surface area contributed by atoms with Crippen molar-refractivity contribution >= 4 is 5.91 Å². The van der Waals surface area contributed by atoms with Gasteiger partial charge in [-0.05, 0) is 37.0 Å². The van der Waals surface area contributed by atoms with E-state index < -0.39 is 0 Å². The molecule has 3 heteroatoms. The number of benzene rings is 1. The van der Waals surface area contributed by atoms with Crippen molar-refractivity contribution in [3.05, 3.63) is 29.8 Å².